The zero-order valence-corrected chi connectivity index (χ0v) is 18.7. The van der Waals surface area contributed by atoms with Crippen molar-refractivity contribution < 1.29 is 13.9 Å². The third-order valence-corrected chi connectivity index (χ3v) is 7.19. The molecule has 30 heavy (non-hydrogen) atoms. The Morgan fingerprint density at radius 3 is 2.60 bits per heavy atom. The van der Waals surface area contributed by atoms with Crippen LogP contribution in [0.4, 0.5) is 9.18 Å². The van der Waals surface area contributed by atoms with Crippen molar-refractivity contribution in [3.05, 3.63) is 58.9 Å². The predicted molar refractivity (Wildman–Crippen MR) is 118 cm³/mol. The number of ether oxygens (including phenoxy) is 1. The fraction of sp³-hybridized carbons (Fsp3) is 0.458. The van der Waals surface area contributed by atoms with Crippen molar-refractivity contribution >= 4 is 17.9 Å². The number of rotatable bonds is 3. The van der Waals surface area contributed by atoms with Gasteiger partial charge in [-0.2, -0.15) is 0 Å². The third-order valence-electron chi connectivity index (χ3n) is 6.00. The highest BCUT2D eigenvalue weighted by atomic mass is 32.2. The van der Waals surface area contributed by atoms with Crippen LogP contribution in [0.5, 0.6) is 0 Å². The highest BCUT2D eigenvalue weighted by molar-refractivity contribution is 7.99. The molecule has 0 N–H and O–H groups in total. The van der Waals surface area contributed by atoms with Crippen molar-refractivity contribution in [2.24, 2.45) is 0 Å². The first-order valence-electron chi connectivity index (χ1n) is 10.7. The Kier molecular flexibility index (Phi) is 6.34. The monoisotopic (exact) mass is 428 g/mol. The van der Waals surface area contributed by atoms with Gasteiger partial charge in [0, 0.05) is 42.0 Å². The molecule has 1 fully saturated rings. The van der Waals surface area contributed by atoms with E-state index in [0.717, 1.165) is 24.4 Å². The summed E-state index contributed by atoms with van der Waals surface area (Å²) in [5.41, 5.74) is 3.82. The Morgan fingerprint density at radius 1 is 1.13 bits per heavy atom. The molecule has 0 radical (unpaired) electrons. The number of hydrogen-bond donors (Lipinski definition) is 0. The van der Waals surface area contributed by atoms with Crippen molar-refractivity contribution in [1.29, 1.82) is 0 Å². The minimum Gasteiger partial charge on any atom is -0.450 e. The molecule has 0 spiro atoms. The molecule has 2 aliphatic rings. The van der Waals surface area contributed by atoms with Crippen molar-refractivity contribution in [3.8, 4) is 0 Å². The van der Waals surface area contributed by atoms with Crippen molar-refractivity contribution in [3.63, 3.8) is 0 Å². The van der Waals surface area contributed by atoms with Gasteiger partial charge < -0.3 is 9.64 Å². The second-order valence-electron chi connectivity index (χ2n) is 8.25. The molecule has 4 nitrogen and oxygen atoms in total. The minimum absolute atomic E-state index is 0.192. The van der Waals surface area contributed by atoms with E-state index in [4.69, 9.17) is 4.74 Å². The second-order valence-corrected chi connectivity index (χ2v) is 9.33. The summed E-state index contributed by atoms with van der Waals surface area (Å²) in [5.74, 6) is 0.257. The van der Waals surface area contributed by atoms with E-state index in [1.165, 1.54) is 21.6 Å². The Morgan fingerprint density at radius 2 is 1.90 bits per heavy atom. The SMILES string of the molecule is CCOC(=O)N1CCN([C@H]2Cc3ccc(F)cc3Sc3ccc(C(C)C)cc32)CC1. The van der Waals surface area contributed by atoms with Gasteiger partial charge in [0.15, 0.2) is 0 Å². The average molecular weight is 429 g/mol. The first-order chi connectivity index (χ1) is 14.5. The number of piperazine rings is 1. The molecule has 0 unspecified atom stereocenters. The Labute approximate surface area is 182 Å². The fourth-order valence-electron chi connectivity index (χ4n) is 4.26. The van der Waals surface area contributed by atoms with Gasteiger partial charge in [0.1, 0.15) is 5.82 Å². The lowest BCUT2D eigenvalue weighted by molar-refractivity contribution is 0.0652. The molecular formula is C24H29FN2O2S. The number of carbonyl (C=O) groups is 1. The number of carbonyl (C=O) groups excluding carboxylic acids is 1. The normalized spacial score (nSPS) is 19.2. The summed E-state index contributed by atoms with van der Waals surface area (Å²) < 4.78 is 19.1. The van der Waals surface area contributed by atoms with Crippen LogP contribution in [0.3, 0.4) is 0 Å². The molecule has 4 rings (SSSR count). The summed E-state index contributed by atoms with van der Waals surface area (Å²) in [4.78, 5) is 18.6. The topological polar surface area (TPSA) is 32.8 Å². The van der Waals surface area contributed by atoms with E-state index in [1.807, 2.05) is 13.0 Å². The predicted octanol–water partition coefficient (Wildman–Crippen LogP) is 5.47. The smallest absolute Gasteiger partial charge is 0.409 e. The van der Waals surface area contributed by atoms with Crippen LogP contribution >= 0.6 is 11.8 Å². The second kappa shape index (κ2) is 8.98. The lowest BCUT2D eigenvalue weighted by Crippen LogP contribution is -2.50. The van der Waals surface area contributed by atoms with Gasteiger partial charge in [-0.3, -0.25) is 4.90 Å². The molecule has 2 aromatic carbocycles. The zero-order valence-electron chi connectivity index (χ0n) is 17.9. The van der Waals surface area contributed by atoms with E-state index >= 15 is 0 Å². The maximum absolute atomic E-state index is 13.9. The third kappa shape index (κ3) is 4.35. The van der Waals surface area contributed by atoms with E-state index in [2.05, 4.69) is 36.9 Å². The Balaban J connectivity index is 1.65. The lowest BCUT2D eigenvalue weighted by atomic mass is 9.93. The molecule has 6 heteroatoms. The van der Waals surface area contributed by atoms with Gasteiger partial charge in [-0.05, 0) is 54.2 Å². The number of nitrogens with zero attached hydrogens (tertiary/aromatic N) is 2. The van der Waals surface area contributed by atoms with Crippen LogP contribution < -0.4 is 0 Å². The van der Waals surface area contributed by atoms with Crippen molar-refractivity contribution in [1.82, 2.24) is 9.80 Å². The van der Waals surface area contributed by atoms with Crippen molar-refractivity contribution in [2.45, 2.75) is 48.9 Å². The summed E-state index contributed by atoms with van der Waals surface area (Å²) >= 11 is 1.67. The summed E-state index contributed by atoms with van der Waals surface area (Å²) in [5, 5.41) is 0. The highest BCUT2D eigenvalue weighted by Crippen LogP contribution is 2.44. The molecule has 2 heterocycles. The molecule has 0 aliphatic carbocycles. The summed E-state index contributed by atoms with van der Waals surface area (Å²) in [7, 11) is 0. The molecular weight excluding hydrogens is 399 g/mol. The Hall–Kier alpha value is -2.05. The van der Waals surface area contributed by atoms with Crippen LogP contribution in [0, 0.1) is 5.82 Å². The molecule has 1 amide bonds. The van der Waals surface area contributed by atoms with Crippen LogP contribution in [0.2, 0.25) is 0 Å². The van der Waals surface area contributed by atoms with Crippen molar-refractivity contribution in [2.75, 3.05) is 32.8 Å². The minimum atomic E-state index is -0.225. The van der Waals surface area contributed by atoms with Gasteiger partial charge in [0.05, 0.1) is 6.61 Å². The lowest BCUT2D eigenvalue weighted by Gasteiger charge is -2.39. The average Bonchev–Trinajstić information content (AvgIpc) is 2.89. The molecule has 2 aromatic rings. The number of amides is 1. The zero-order chi connectivity index (χ0) is 21.3. The highest BCUT2D eigenvalue weighted by Gasteiger charge is 2.31. The van der Waals surface area contributed by atoms with Gasteiger partial charge >= 0.3 is 6.09 Å². The van der Waals surface area contributed by atoms with E-state index < -0.39 is 0 Å². The fourth-order valence-corrected chi connectivity index (χ4v) is 5.40. The van der Waals surface area contributed by atoms with Gasteiger partial charge in [0.25, 0.3) is 0 Å². The van der Waals surface area contributed by atoms with Crippen LogP contribution in [0.1, 0.15) is 49.4 Å². The largest absolute Gasteiger partial charge is 0.450 e. The standard InChI is InChI=1S/C24H29FN2O2S/c1-4-29-24(28)27-11-9-26(10-12-27)21-14-18-5-7-19(25)15-23(18)30-22-8-6-17(16(2)3)13-20(21)22/h5-8,13,15-16,21H,4,9-12,14H2,1-3H3/t21-/m0/s1. The number of benzene rings is 2. The maximum atomic E-state index is 13.9. The molecule has 160 valence electrons. The van der Waals surface area contributed by atoms with E-state index in [1.54, 1.807) is 28.8 Å². The van der Waals surface area contributed by atoms with E-state index in [9.17, 15) is 9.18 Å². The van der Waals surface area contributed by atoms with Crippen LogP contribution in [0.25, 0.3) is 0 Å². The molecule has 0 aromatic heterocycles. The first-order valence-corrected chi connectivity index (χ1v) is 11.5. The molecule has 1 saturated heterocycles. The van der Waals surface area contributed by atoms with Gasteiger partial charge in [-0.1, -0.05) is 43.8 Å². The summed E-state index contributed by atoms with van der Waals surface area (Å²) in [6.07, 6.45) is 0.619. The van der Waals surface area contributed by atoms with Crippen LogP contribution in [-0.2, 0) is 11.2 Å². The molecule has 0 saturated carbocycles. The number of hydrogen-bond acceptors (Lipinski definition) is 4. The summed E-state index contributed by atoms with van der Waals surface area (Å²) in [6.45, 7) is 9.59. The van der Waals surface area contributed by atoms with Gasteiger partial charge in [-0.15, -0.1) is 0 Å². The number of fused-ring (bicyclic) bond motifs is 2. The summed E-state index contributed by atoms with van der Waals surface area (Å²) in [6, 6.07) is 12.1. The number of halogens is 1. The Bertz CT molecular complexity index is 925. The van der Waals surface area contributed by atoms with Crippen LogP contribution in [-0.4, -0.2) is 48.7 Å². The molecule has 2 aliphatic heterocycles. The molecule has 1 atom stereocenters. The first kappa shape index (κ1) is 21.2. The molecule has 0 bridgehead atoms. The maximum Gasteiger partial charge on any atom is 0.409 e. The van der Waals surface area contributed by atoms with Crippen LogP contribution in [0.15, 0.2) is 46.2 Å². The van der Waals surface area contributed by atoms with E-state index in [0.29, 0.717) is 25.6 Å². The van der Waals surface area contributed by atoms with Gasteiger partial charge in [-0.25, -0.2) is 9.18 Å². The van der Waals surface area contributed by atoms with E-state index in [-0.39, 0.29) is 18.0 Å². The van der Waals surface area contributed by atoms with Gasteiger partial charge in [0.2, 0.25) is 0 Å². The quantitative estimate of drug-likeness (QED) is 0.649.